The summed E-state index contributed by atoms with van der Waals surface area (Å²) in [5, 5.41) is 3.16. The van der Waals surface area contributed by atoms with Crippen LogP contribution in [0.1, 0.15) is 5.69 Å². The molecule has 0 spiro atoms. The standard InChI is InChI=1S/C14H11ClN2O/c1-8-13-11(5-6-16-8)10-4-3-9(15)7-12(10)14(18)17(13)2/h3-7H,1-2H3. The van der Waals surface area contributed by atoms with Gasteiger partial charge in [-0.3, -0.25) is 9.78 Å². The van der Waals surface area contributed by atoms with Crippen molar-refractivity contribution in [3.8, 4) is 0 Å². The van der Waals surface area contributed by atoms with Crippen LogP contribution in [0.15, 0.2) is 35.3 Å². The molecule has 0 radical (unpaired) electrons. The van der Waals surface area contributed by atoms with E-state index in [0.717, 1.165) is 22.0 Å². The number of fused-ring (bicyclic) bond motifs is 3. The molecule has 90 valence electrons. The molecule has 0 aliphatic heterocycles. The molecule has 0 amide bonds. The molecule has 0 aliphatic carbocycles. The fraction of sp³-hybridized carbons (Fsp3) is 0.143. The Morgan fingerprint density at radius 3 is 2.72 bits per heavy atom. The van der Waals surface area contributed by atoms with Crippen molar-refractivity contribution in [3.63, 3.8) is 0 Å². The van der Waals surface area contributed by atoms with Crippen molar-refractivity contribution in [1.82, 2.24) is 9.55 Å². The van der Waals surface area contributed by atoms with Crippen LogP contribution in [0.3, 0.4) is 0 Å². The van der Waals surface area contributed by atoms with Gasteiger partial charge in [0.05, 0.1) is 11.2 Å². The Kier molecular flexibility index (Phi) is 2.38. The van der Waals surface area contributed by atoms with Gasteiger partial charge in [0, 0.05) is 29.0 Å². The van der Waals surface area contributed by atoms with Crippen LogP contribution in [0, 0.1) is 6.92 Å². The highest BCUT2D eigenvalue weighted by atomic mass is 35.5. The number of halogens is 1. The van der Waals surface area contributed by atoms with Gasteiger partial charge in [0.25, 0.3) is 5.56 Å². The molecule has 2 aromatic heterocycles. The molecule has 1 aromatic carbocycles. The number of rotatable bonds is 0. The quantitative estimate of drug-likeness (QED) is 0.581. The monoisotopic (exact) mass is 258 g/mol. The summed E-state index contributed by atoms with van der Waals surface area (Å²) in [4.78, 5) is 16.6. The van der Waals surface area contributed by atoms with Crippen molar-refractivity contribution in [2.75, 3.05) is 0 Å². The fourth-order valence-electron chi connectivity index (χ4n) is 2.41. The number of hydrogen-bond donors (Lipinski definition) is 0. The summed E-state index contributed by atoms with van der Waals surface area (Å²) >= 11 is 5.96. The van der Waals surface area contributed by atoms with E-state index in [2.05, 4.69) is 4.98 Å². The summed E-state index contributed by atoms with van der Waals surface area (Å²) in [7, 11) is 1.76. The van der Waals surface area contributed by atoms with Crippen LogP contribution in [0.5, 0.6) is 0 Å². The van der Waals surface area contributed by atoms with Crippen molar-refractivity contribution < 1.29 is 0 Å². The predicted molar refractivity (Wildman–Crippen MR) is 74.2 cm³/mol. The summed E-state index contributed by atoms with van der Waals surface area (Å²) < 4.78 is 1.64. The Hall–Kier alpha value is -1.87. The summed E-state index contributed by atoms with van der Waals surface area (Å²) in [6.07, 6.45) is 1.76. The van der Waals surface area contributed by atoms with Crippen molar-refractivity contribution >= 4 is 33.3 Å². The Balaban J connectivity index is 2.72. The molecule has 0 saturated carbocycles. The average Bonchev–Trinajstić information content (AvgIpc) is 2.35. The van der Waals surface area contributed by atoms with E-state index in [9.17, 15) is 4.79 Å². The van der Waals surface area contributed by atoms with Crippen LogP contribution in [0.2, 0.25) is 5.02 Å². The van der Waals surface area contributed by atoms with Crippen molar-refractivity contribution in [3.05, 3.63) is 51.5 Å². The van der Waals surface area contributed by atoms with Crippen LogP contribution >= 0.6 is 11.6 Å². The first-order valence-corrected chi connectivity index (χ1v) is 6.01. The summed E-state index contributed by atoms with van der Waals surface area (Å²) in [6, 6.07) is 7.34. The van der Waals surface area contributed by atoms with Crippen molar-refractivity contribution in [1.29, 1.82) is 0 Å². The van der Waals surface area contributed by atoms with Gasteiger partial charge in [0.15, 0.2) is 0 Å². The SMILES string of the molecule is Cc1nccc2c3ccc(Cl)cc3c(=O)n(C)c12. The third-order valence-electron chi connectivity index (χ3n) is 3.25. The normalized spacial score (nSPS) is 11.3. The smallest absolute Gasteiger partial charge is 0.258 e. The third-order valence-corrected chi connectivity index (χ3v) is 3.48. The van der Waals surface area contributed by atoms with Crippen molar-refractivity contribution in [2.45, 2.75) is 6.92 Å². The van der Waals surface area contributed by atoms with E-state index in [1.165, 1.54) is 0 Å². The van der Waals surface area contributed by atoms with Crippen molar-refractivity contribution in [2.24, 2.45) is 7.05 Å². The van der Waals surface area contributed by atoms with E-state index in [1.54, 1.807) is 29.9 Å². The molecule has 3 nitrogen and oxygen atoms in total. The number of hydrogen-bond acceptors (Lipinski definition) is 2. The van der Waals surface area contributed by atoms with Crippen LogP contribution < -0.4 is 5.56 Å². The summed E-state index contributed by atoms with van der Waals surface area (Å²) in [6.45, 7) is 1.91. The molecular weight excluding hydrogens is 248 g/mol. The molecule has 0 fully saturated rings. The maximum absolute atomic E-state index is 12.3. The highest BCUT2D eigenvalue weighted by molar-refractivity contribution is 6.31. The minimum absolute atomic E-state index is 0.0453. The molecule has 0 atom stereocenters. The van der Waals surface area contributed by atoms with E-state index in [4.69, 9.17) is 11.6 Å². The lowest BCUT2D eigenvalue weighted by atomic mass is 10.1. The Bertz CT molecular complexity index is 836. The molecule has 0 N–H and O–H groups in total. The lowest BCUT2D eigenvalue weighted by Crippen LogP contribution is -2.18. The topological polar surface area (TPSA) is 34.9 Å². The van der Waals surface area contributed by atoms with Crippen LogP contribution in [-0.4, -0.2) is 9.55 Å². The summed E-state index contributed by atoms with van der Waals surface area (Å²) in [5.74, 6) is 0. The molecular formula is C14H11ClN2O. The Morgan fingerprint density at radius 2 is 1.94 bits per heavy atom. The van der Waals surface area contributed by atoms with Gasteiger partial charge in [-0.25, -0.2) is 0 Å². The van der Waals surface area contributed by atoms with E-state index in [0.29, 0.717) is 10.4 Å². The molecule has 2 heterocycles. The molecule has 3 aromatic rings. The van der Waals surface area contributed by atoms with Crippen LogP contribution in [-0.2, 0) is 7.05 Å². The van der Waals surface area contributed by atoms with Gasteiger partial charge in [-0.15, -0.1) is 0 Å². The Morgan fingerprint density at radius 1 is 1.17 bits per heavy atom. The predicted octanol–water partition coefficient (Wildman–Crippen LogP) is 3.05. The molecule has 4 heteroatoms. The number of aromatic nitrogens is 2. The number of nitrogens with zero attached hydrogens (tertiary/aromatic N) is 2. The minimum atomic E-state index is -0.0453. The van der Waals surface area contributed by atoms with Gasteiger partial charge in [-0.05, 0) is 30.5 Å². The number of pyridine rings is 2. The lowest BCUT2D eigenvalue weighted by Gasteiger charge is -2.10. The van der Waals surface area contributed by atoms with E-state index < -0.39 is 0 Å². The zero-order valence-electron chi connectivity index (χ0n) is 10.1. The maximum atomic E-state index is 12.3. The van der Waals surface area contributed by atoms with Gasteiger partial charge in [0.1, 0.15) is 0 Å². The second kappa shape index (κ2) is 3.82. The van der Waals surface area contributed by atoms with Gasteiger partial charge >= 0.3 is 0 Å². The van der Waals surface area contributed by atoms with E-state index in [-0.39, 0.29) is 5.56 Å². The van der Waals surface area contributed by atoms with E-state index in [1.807, 2.05) is 19.1 Å². The molecule has 0 bridgehead atoms. The van der Waals surface area contributed by atoms with Gasteiger partial charge < -0.3 is 4.57 Å². The Labute approximate surface area is 109 Å². The summed E-state index contributed by atoms with van der Waals surface area (Å²) in [5.41, 5.74) is 1.68. The number of benzene rings is 1. The second-order valence-electron chi connectivity index (χ2n) is 4.35. The second-order valence-corrected chi connectivity index (χ2v) is 4.78. The number of aryl methyl sites for hydroxylation is 2. The molecule has 18 heavy (non-hydrogen) atoms. The first-order valence-electron chi connectivity index (χ1n) is 5.63. The van der Waals surface area contributed by atoms with E-state index >= 15 is 0 Å². The van der Waals surface area contributed by atoms with Crippen LogP contribution in [0.25, 0.3) is 21.7 Å². The van der Waals surface area contributed by atoms with Gasteiger partial charge in [-0.1, -0.05) is 17.7 Å². The first kappa shape index (κ1) is 11.2. The fourth-order valence-corrected chi connectivity index (χ4v) is 2.58. The zero-order chi connectivity index (χ0) is 12.9. The average molecular weight is 259 g/mol. The highest BCUT2D eigenvalue weighted by Gasteiger charge is 2.10. The molecule has 0 unspecified atom stereocenters. The maximum Gasteiger partial charge on any atom is 0.258 e. The zero-order valence-corrected chi connectivity index (χ0v) is 10.8. The highest BCUT2D eigenvalue weighted by Crippen LogP contribution is 2.25. The van der Waals surface area contributed by atoms with Gasteiger partial charge in [-0.2, -0.15) is 0 Å². The minimum Gasteiger partial charge on any atom is -0.309 e. The largest absolute Gasteiger partial charge is 0.309 e. The van der Waals surface area contributed by atoms with Crippen LogP contribution in [0.4, 0.5) is 0 Å². The molecule has 0 aliphatic rings. The lowest BCUT2D eigenvalue weighted by molar-refractivity contribution is 0.907. The first-order chi connectivity index (χ1) is 8.59. The third kappa shape index (κ3) is 1.44. The van der Waals surface area contributed by atoms with Gasteiger partial charge in [0.2, 0.25) is 0 Å². The molecule has 3 rings (SSSR count). The molecule has 0 saturated heterocycles.